The molecule has 12 N–H and O–H groups in total. The molecular formula is C59H109N3O28P2. The number of ether oxygens (including phenoxy) is 7. The molecule has 538 valence electrons. The van der Waals surface area contributed by atoms with E-state index in [4.69, 9.17) is 51.3 Å². The summed E-state index contributed by atoms with van der Waals surface area (Å²) in [6, 6.07) is -2.27. The van der Waals surface area contributed by atoms with Gasteiger partial charge in [-0.2, -0.15) is 0 Å². The molecule has 33 heteroatoms. The summed E-state index contributed by atoms with van der Waals surface area (Å²) in [5, 5.41) is 100. The minimum absolute atomic E-state index is 0.0333. The number of carbonyl (C=O) groups excluding carboxylic acids is 3. The number of hydrogen-bond donors (Lipinski definition) is 12. The lowest BCUT2D eigenvalue weighted by Crippen LogP contribution is -2.55. The van der Waals surface area contributed by atoms with Crippen molar-refractivity contribution >= 4 is 33.4 Å². The van der Waals surface area contributed by atoms with Gasteiger partial charge < -0.3 is 109 Å². The fraction of sp³-hybridized carbons (Fsp3) is 0.949. The lowest BCUT2D eigenvalue weighted by molar-refractivity contribution is -0.282. The van der Waals surface area contributed by atoms with Crippen molar-refractivity contribution in [3.8, 4) is 0 Å². The molecule has 23 atom stereocenters. The zero-order chi connectivity index (χ0) is 68.0. The number of hydrogen-bond acceptors (Lipinski definition) is 26. The fourth-order valence-corrected chi connectivity index (χ4v) is 14.0. The Morgan fingerprint density at radius 1 is 0.467 bits per heavy atom. The van der Waals surface area contributed by atoms with Gasteiger partial charge in [-0.3, -0.25) is 32.5 Å². The van der Waals surface area contributed by atoms with E-state index in [9.17, 15) is 84.4 Å². The molecule has 6 aliphatic heterocycles. The van der Waals surface area contributed by atoms with Crippen LogP contribution in [0.5, 0.6) is 0 Å². The highest BCUT2D eigenvalue weighted by molar-refractivity contribution is 7.47. The lowest BCUT2D eigenvalue weighted by atomic mass is 9.92. The van der Waals surface area contributed by atoms with E-state index in [1.807, 2.05) is 0 Å². The molecule has 6 aliphatic rings. The van der Waals surface area contributed by atoms with E-state index in [0.717, 1.165) is 5.92 Å². The number of nitrogens with zero attached hydrogens (tertiary/aromatic N) is 3. The first-order valence-corrected chi connectivity index (χ1v) is 35.6. The third kappa shape index (κ3) is 24.7. The van der Waals surface area contributed by atoms with Gasteiger partial charge in [0.15, 0.2) is 18.9 Å². The van der Waals surface area contributed by atoms with Gasteiger partial charge >= 0.3 is 15.6 Å². The Hall–Kier alpha value is -2.05. The Kier molecular flexibility index (Phi) is 34.6. The standard InChI is InChI=1S/C55H99N3O28P2.C4H10/c1-32-47(66)50(69)41(26-59)82-53(32)77-17-11-5-8-14-44(63)56-23-38(62)20-35(56)30-80-87(72,73)86-40-22-37(58(25-40)46(65)16-10-7-13-19-79-55-34(3)49(68)52(71)43(28-61)84-55)31-81-88(74,75)85-39-21-36(29-76-4)57(24-39)45(64)15-9-6-12-18-78-54-33(2)48(67)51(70)42(27-60)83-54;1-4(2)3/h32-43,47-55,59-62,66-71H,5-31H2,1-4H3,(H,72,73)(H,74,75);4H,1-3H3/t32?,33?,34?,35?,36?,37?,38-,39-,40-,41?,42?,43?,47-,48-,49-,50+,51+,52+,53-,54-,55-;/m1./s1. The summed E-state index contributed by atoms with van der Waals surface area (Å²) in [6.45, 7) is 9.23. The van der Waals surface area contributed by atoms with Crippen LogP contribution in [0.25, 0.3) is 0 Å². The van der Waals surface area contributed by atoms with E-state index in [0.29, 0.717) is 57.8 Å². The maximum Gasteiger partial charge on any atom is 0.472 e. The molecule has 0 radical (unpaired) electrons. The van der Waals surface area contributed by atoms with Gasteiger partial charge in [-0.05, 0) is 63.7 Å². The van der Waals surface area contributed by atoms with Gasteiger partial charge in [0, 0.05) is 83.6 Å². The summed E-state index contributed by atoms with van der Waals surface area (Å²) < 4.78 is 88.9. The van der Waals surface area contributed by atoms with Gasteiger partial charge in [0.2, 0.25) is 17.7 Å². The van der Waals surface area contributed by atoms with Gasteiger partial charge in [-0.15, -0.1) is 0 Å². The maximum atomic E-state index is 13.9. The number of rotatable bonds is 36. The number of phosphoric ester groups is 2. The smallest absolute Gasteiger partial charge is 0.394 e. The molecule has 0 aromatic rings. The van der Waals surface area contributed by atoms with Gasteiger partial charge in [0.1, 0.15) is 36.6 Å². The normalized spacial score (nSPS) is 35.7. The molecule has 0 aromatic heterocycles. The van der Waals surface area contributed by atoms with Gasteiger partial charge in [-0.25, -0.2) is 9.13 Å². The number of methoxy groups -OCH3 is 1. The highest BCUT2D eigenvalue weighted by Gasteiger charge is 2.47. The number of aliphatic hydroxyl groups excluding tert-OH is 10. The number of phosphoric acid groups is 2. The quantitative estimate of drug-likeness (QED) is 0.0299. The van der Waals surface area contributed by atoms with Crippen LogP contribution in [0.4, 0.5) is 0 Å². The Bertz CT molecular complexity index is 2260. The van der Waals surface area contributed by atoms with Crippen molar-refractivity contribution in [1.29, 1.82) is 0 Å². The molecule has 0 bridgehead atoms. The maximum absolute atomic E-state index is 13.9. The third-order valence-electron chi connectivity index (χ3n) is 17.4. The van der Waals surface area contributed by atoms with E-state index in [1.54, 1.807) is 20.8 Å². The van der Waals surface area contributed by atoms with Crippen molar-refractivity contribution in [2.75, 3.05) is 86.2 Å². The Morgan fingerprint density at radius 3 is 1.09 bits per heavy atom. The SMILES string of the molecule is CC(C)C.COCC1C[C@@H](OP(=O)(O)OCC2C[C@@H](OP(=O)(O)OCC3C[C@@H](O)CN3C(=O)CCCCCO[C@@H]3OC(CO)[C@H](O)[C@H](O)C3C)CN2C(=O)CCCCCO[C@@H]2OC(CO)[C@H](O)[C@H](O)C2C)CN1C(=O)CCCCCO[C@@H]1OC(CO)[C@H](O)[C@H](O)C1C. The van der Waals surface area contributed by atoms with Gasteiger partial charge in [-0.1, -0.05) is 60.8 Å². The number of aliphatic hydroxyl groups is 10. The average Bonchev–Trinajstić information content (AvgIpc) is 1.44. The van der Waals surface area contributed by atoms with Crippen molar-refractivity contribution in [3.63, 3.8) is 0 Å². The van der Waals surface area contributed by atoms with Crippen LogP contribution in [-0.4, -0.2) is 290 Å². The topological polar surface area (TPSA) is 439 Å². The Balaban J connectivity index is 0.00000373. The summed E-state index contributed by atoms with van der Waals surface area (Å²) in [5.41, 5.74) is 0. The van der Waals surface area contributed by atoms with Crippen LogP contribution in [0.2, 0.25) is 0 Å². The third-order valence-corrected chi connectivity index (χ3v) is 19.5. The van der Waals surface area contributed by atoms with E-state index in [2.05, 4.69) is 20.8 Å². The molecule has 11 unspecified atom stereocenters. The molecule has 0 saturated carbocycles. The van der Waals surface area contributed by atoms with E-state index in [1.165, 1.54) is 21.8 Å². The van der Waals surface area contributed by atoms with Crippen LogP contribution in [0.3, 0.4) is 0 Å². The first-order valence-electron chi connectivity index (χ1n) is 32.6. The number of likely N-dealkylation sites (tertiary alicyclic amines) is 3. The second-order valence-electron chi connectivity index (χ2n) is 25.9. The van der Waals surface area contributed by atoms with Crippen molar-refractivity contribution in [2.45, 2.75) is 248 Å². The van der Waals surface area contributed by atoms with E-state index < -0.39 is 183 Å². The number of carbonyl (C=O) groups is 3. The zero-order valence-electron chi connectivity index (χ0n) is 54.4. The van der Waals surface area contributed by atoms with Crippen LogP contribution < -0.4 is 0 Å². The Labute approximate surface area is 540 Å². The molecule has 6 rings (SSSR count). The fourth-order valence-electron chi connectivity index (χ4n) is 12.1. The van der Waals surface area contributed by atoms with Crippen LogP contribution in [0.15, 0.2) is 0 Å². The Morgan fingerprint density at radius 2 is 0.772 bits per heavy atom. The van der Waals surface area contributed by atoms with Gasteiger partial charge in [0.05, 0.1) is 94.4 Å². The molecule has 6 saturated heterocycles. The average molecular weight is 1370 g/mol. The molecular weight excluding hydrogens is 1260 g/mol. The van der Waals surface area contributed by atoms with Crippen molar-refractivity contribution in [1.82, 2.24) is 14.7 Å². The molecule has 0 aromatic carbocycles. The summed E-state index contributed by atoms with van der Waals surface area (Å²) >= 11 is 0. The molecule has 6 fully saturated rings. The minimum atomic E-state index is -4.94. The van der Waals surface area contributed by atoms with Crippen LogP contribution in [0.1, 0.15) is 138 Å². The highest BCUT2D eigenvalue weighted by atomic mass is 31.2. The van der Waals surface area contributed by atoms with Gasteiger partial charge in [0.25, 0.3) is 0 Å². The number of unbranched alkanes of at least 4 members (excludes halogenated alkanes) is 6. The van der Waals surface area contributed by atoms with Crippen molar-refractivity contribution in [2.24, 2.45) is 23.7 Å². The second-order valence-corrected chi connectivity index (χ2v) is 28.7. The largest absolute Gasteiger partial charge is 0.472 e. The molecule has 31 nitrogen and oxygen atoms in total. The van der Waals surface area contributed by atoms with Crippen LogP contribution >= 0.6 is 15.6 Å². The van der Waals surface area contributed by atoms with Crippen LogP contribution in [0, 0.1) is 23.7 Å². The summed E-state index contributed by atoms with van der Waals surface area (Å²) in [6.07, 6.45) is -11.4. The molecule has 0 aliphatic carbocycles. The summed E-state index contributed by atoms with van der Waals surface area (Å²) in [5.74, 6) is -1.88. The predicted molar refractivity (Wildman–Crippen MR) is 324 cm³/mol. The highest BCUT2D eigenvalue weighted by Crippen LogP contribution is 2.50. The second kappa shape index (κ2) is 39.5. The monoisotopic (exact) mass is 1370 g/mol. The summed E-state index contributed by atoms with van der Waals surface area (Å²) in [4.78, 5) is 67.2. The number of β-amino-alcohol motifs (C(OH)–C–C–N with tert-alkyl or cyclic N) is 1. The molecule has 6 heterocycles. The minimum Gasteiger partial charge on any atom is -0.394 e. The zero-order valence-corrected chi connectivity index (χ0v) is 56.2. The molecule has 0 spiro atoms. The number of amides is 3. The van der Waals surface area contributed by atoms with Crippen LogP contribution in [-0.2, 0) is 74.8 Å². The summed E-state index contributed by atoms with van der Waals surface area (Å²) in [7, 11) is -8.40. The molecule has 92 heavy (non-hydrogen) atoms. The van der Waals surface area contributed by atoms with Crippen molar-refractivity contribution in [3.05, 3.63) is 0 Å². The first kappa shape index (κ1) is 80.6. The van der Waals surface area contributed by atoms with E-state index in [-0.39, 0.29) is 96.4 Å². The van der Waals surface area contributed by atoms with E-state index >= 15 is 0 Å². The lowest BCUT2D eigenvalue weighted by Gasteiger charge is -2.40. The van der Waals surface area contributed by atoms with Crippen molar-refractivity contribution < 1.29 is 136 Å². The molecule has 3 amide bonds. The predicted octanol–water partition coefficient (Wildman–Crippen LogP) is 0.419. The first-order chi connectivity index (χ1) is 43.5.